The van der Waals surface area contributed by atoms with Gasteiger partial charge in [0, 0.05) is 6.54 Å². The first-order valence-corrected chi connectivity index (χ1v) is 10.0. The zero-order valence-electron chi connectivity index (χ0n) is 17.0. The third-order valence-corrected chi connectivity index (χ3v) is 5.14. The van der Waals surface area contributed by atoms with Crippen LogP contribution >= 0.6 is 0 Å². The minimum absolute atomic E-state index is 0.0460. The van der Waals surface area contributed by atoms with Crippen molar-refractivity contribution >= 4 is 33.7 Å². The van der Waals surface area contributed by atoms with E-state index in [1.54, 1.807) is 24.3 Å². The highest BCUT2D eigenvalue weighted by atomic mass is 16.5. The number of oxazole rings is 1. The monoisotopic (exact) mass is 418 g/mol. The summed E-state index contributed by atoms with van der Waals surface area (Å²) >= 11 is 0. The van der Waals surface area contributed by atoms with Gasteiger partial charge in [0.2, 0.25) is 0 Å². The molecule has 0 aliphatic heterocycles. The van der Waals surface area contributed by atoms with Crippen LogP contribution in [0.4, 0.5) is 0 Å². The van der Waals surface area contributed by atoms with Gasteiger partial charge >= 0.3 is 11.7 Å². The minimum Gasteiger partial charge on any atom is -0.456 e. The normalized spacial score (nSPS) is 12.0. The molecule has 0 aliphatic carbocycles. The van der Waals surface area contributed by atoms with Crippen molar-refractivity contribution in [2.45, 2.75) is 25.9 Å². The van der Waals surface area contributed by atoms with E-state index < -0.39 is 11.7 Å². The molecule has 7 nitrogen and oxygen atoms in total. The molecular formula is C24H22N2O5. The topological polar surface area (TPSA) is 90.5 Å². The number of rotatable bonds is 7. The number of amides is 1. The highest BCUT2D eigenvalue weighted by molar-refractivity contribution is 5.87. The lowest BCUT2D eigenvalue weighted by molar-refractivity contribution is -0.148. The van der Waals surface area contributed by atoms with Crippen LogP contribution in [0.25, 0.3) is 21.9 Å². The quantitative estimate of drug-likeness (QED) is 0.464. The third-order valence-electron chi connectivity index (χ3n) is 5.14. The first-order chi connectivity index (χ1) is 15.0. The summed E-state index contributed by atoms with van der Waals surface area (Å²) in [5, 5.41) is 5.02. The predicted octanol–water partition coefficient (Wildman–Crippen LogP) is 3.56. The summed E-state index contributed by atoms with van der Waals surface area (Å²) in [6.45, 7) is 1.62. The van der Waals surface area contributed by atoms with E-state index in [4.69, 9.17) is 9.15 Å². The number of aryl methyl sites for hydroxylation is 1. The zero-order valence-corrected chi connectivity index (χ0v) is 17.0. The average Bonchev–Trinajstić information content (AvgIpc) is 3.10. The molecule has 7 heteroatoms. The summed E-state index contributed by atoms with van der Waals surface area (Å²) in [6.07, 6.45) is -0.0460. The summed E-state index contributed by atoms with van der Waals surface area (Å²) in [5.74, 6) is -1.49. The standard InChI is InChI=1S/C24H22N2O5/c1-16(18-10-6-8-17-7-2-3-9-19(17)18)25-22(27)15-30-23(28)13-14-26-20-11-4-5-12-21(20)31-24(26)29/h2-12,16H,13-15H2,1H3,(H,25,27)/t16-/m1/s1. The molecule has 0 aliphatic rings. The van der Waals surface area contributed by atoms with E-state index >= 15 is 0 Å². The zero-order chi connectivity index (χ0) is 21.8. The Labute approximate surface area is 178 Å². The Morgan fingerprint density at radius 2 is 1.77 bits per heavy atom. The number of aromatic nitrogens is 1. The molecule has 0 saturated heterocycles. The maximum Gasteiger partial charge on any atom is 0.419 e. The molecule has 31 heavy (non-hydrogen) atoms. The van der Waals surface area contributed by atoms with Crippen LogP contribution in [-0.2, 0) is 20.9 Å². The first kappa shape index (κ1) is 20.4. The van der Waals surface area contributed by atoms with Crippen LogP contribution in [-0.4, -0.2) is 23.1 Å². The summed E-state index contributed by atoms with van der Waals surface area (Å²) in [5.41, 5.74) is 2.06. The van der Waals surface area contributed by atoms with Crippen molar-refractivity contribution in [1.82, 2.24) is 9.88 Å². The number of carbonyl (C=O) groups is 2. The van der Waals surface area contributed by atoms with E-state index in [9.17, 15) is 14.4 Å². The molecule has 1 N–H and O–H groups in total. The lowest BCUT2D eigenvalue weighted by atomic mass is 10.00. The summed E-state index contributed by atoms with van der Waals surface area (Å²) in [7, 11) is 0. The van der Waals surface area contributed by atoms with E-state index in [0.29, 0.717) is 11.1 Å². The molecule has 1 atom stereocenters. The molecule has 1 heterocycles. The van der Waals surface area contributed by atoms with Crippen LogP contribution < -0.4 is 11.1 Å². The van der Waals surface area contributed by atoms with Crippen molar-refractivity contribution in [2.24, 2.45) is 0 Å². The van der Waals surface area contributed by atoms with E-state index in [0.717, 1.165) is 16.3 Å². The molecule has 0 spiro atoms. The fourth-order valence-corrected chi connectivity index (χ4v) is 3.64. The van der Waals surface area contributed by atoms with Crippen LogP contribution in [0.1, 0.15) is 24.9 Å². The Hall–Kier alpha value is -3.87. The van der Waals surface area contributed by atoms with Gasteiger partial charge in [0.25, 0.3) is 5.91 Å². The number of nitrogens with zero attached hydrogens (tertiary/aromatic N) is 1. The number of esters is 1. The molecule has 0 radical (unpaired) electrons. The van der Waals surface area contributed by atoms with Crippen molar-refractivity contribution in [3.05, 3.63) is 82.8 Å². The molecule has 1 aromatic heterocycles. The number of benzene rings is 3. The molecule has 1 amide bonds. The summed E-state index contributed by atoms with van der Waals surface area (Å²) in [4.78, 5) is 36.3. The van der Waals surface area contributed by atoms with E-state index in [-0.39, 0.29) is 31.5 Å². The van der Waals surface area contributed by atoms with Gasteiger partial charge in [-0.3, -0.25) is 14.2 Å². The third kappa shape index (κ3) is 4.50. The van der Waals surface area contributed by atoms with Gasteiger partial charge < -0.3 is 14.5 Å². The van der Waals surface area contributed by atoms with Crippen LogP contribution in [0.15, 0.2) is 75.9 Å². The molecule has 0 saturated carbocycles. The lowest BCUT2D eigenvalue weighted by Gasteiger charge is -2.16. The minimum atomic E-state index is -0.565. The summed E-state index contributed by atoms with van der Waals surface area (Å²) < 4.78 is 11.6. The molecule has 0 bridgehead atoms. The highest BCUT2D eigenvalue weighted by Crippen LogP contribution is 2.23. The van der Waals surface area contributed by atoms with Gasteiger partial charge in [0.05, 0.1) is 18.0 Å². The molecule has 0 unspecified atom stereocenters. The van der Waals surface area contributed by atoms with Crippen molar-refractivity contribution in [3.63, 3.8) is 0 Å². The molecule has 3 aromatic carbocycles. The Morgan fingerprint density at radius 1 is 1.03 bits per heavy atom. The van der Waals surface area contributed by atoms with E-state index in [1.807, 2.05) is 49.4 Å². The second kappa shape index (κ2) is 8.87. The fraction of sp³-hybridized carbons (Fsp3) is 0.208. The Kier molecular flexibility index (Phi) is 5.84. The molecular weight excluding hydrogens is 396 g/mol. The maximum atomic E-state index is 12.3. The number of fused-ring (bicyclic) bond motifs is 2. The van der Waals surface area contributed by atoms with E-state index in [2.05, 4.69) is 5.32 Å². The maximum absolute atomic E-state index is 12.3. The number of carbonyl (C=O) groups excluding carboxylic acids is 2. The predicted molar refractivity (Wildman–Crippen MR) is 117 cm³/mol. The Balaban J connectivity index is 1.30. The van der Waals surface area contributed by atoms with Gasteiger partial charge in [-0.25, -0.2) is 4.79 Å². The van der Waals surface area contributed by atoms with Gasteiger partial charge in [-0.2, -0.15) is 0 Å². The van der Waals surface area contributed by atoms with Gasteiger partial charge in [-0.15, -0.1) is 0 Å². The van der Waals surface area contributed by atoms with Crippen molar-refractivity contribution in [2.75, 3.05) is 6.61 Å². The number of para-hydroxylation sites is 2. The SMILES string of the molecule is C[C@@H](NC(=O)COC(=O)CCn1c(=O)oc2ccccc21)c1cccc2ccccc12. The average molecular weight is 418 g/mol. The highest BCUT2D eigenvalue weighted by Gasteiger charge is 2.15. The van der Waals surface area contributed by atoms with Gasteiger partial charge in [-0.1, -0.05) is 54.6 Å². The number of hydrogen-bond acceptors (Lipinski definition) is 5. The number of hydrogen-bond donors (Lipinski definition) is 1. The number of ether oxygens (including phenoxy) is 1. The first-order valence-electron chi connectivity index (χ1n) is 10.0. The van der Waals surface area contributed by atoms with E-state index in [1.165, 1.54) is 4.57 Å². The van der Waals surface area contributed by atoms with Crippen molar-refractivity contribution < 1.29 is 18.7 Å². The van der Waals surface area contributed by atoms with Crippen molar-refractivity contribution in [3.8, 4) is 0 Å². The lowest BCUT2D eigenvalue weighted by Crippen LogP contribution is -2.31. The van der Waals surface area contributed by atoms with Gasteiger partial charge in [-0.05, 0) is 35.4 Å². The fourth-order valence-electron chi connectivity index (χ4n) is 3.64. The molecule has 4 rings (SSSR count). The largest absolute Gasteiger partial charge is 0.456 e. The second-order valence-corrected chi connectivity index (χ2v) is 7.26. The molecule has 158 valence electrons. The van der Waals surface area contributed by atoms with Crippen LogP contribution in [0.3, 0.4) is 0 Å². The molecule has 0 fully saturated rings. The van der Waals surface area contributed by atoms with Gasteiger partial charge in [0.15, 0.2) is 12.2 Å². The number of nitrogens with one attached hydrogen (secondary N) is 1. The molecule has 4 aromatic rings. The van der Waals surface area contributed by atoms with Crippen LogP contribution in [0.5, 0.6) is 0 Å². The summed E-state index contributed by atoms with van der Waals surface area (Å²) in [6, 6.07) is 20.6. The van der Waals surface area contributed by atoms with Crippen LogP contribution in [0, 0.1) is 0 Å². The smallest absolute Gasteiger partial charge is 0.419 e. The van der Waals surface area contributed by atoms with Crippen LogP contribution in [0.2, 0.25) is 0 Å². The van der Waals surface area contributed by atoms with Crippen molar-refractivity contribution in [1.29, 1.82) is 0 Å². The van der Waals surface area contributed by atoms with Gasteiger partial charge in [0.1, 0.15) is 0 Å². The Morgan fingerprint density at radius 3 is 2.65 bits per heavy atom. The Bertz CT molecular complexity index is 1300. The second-order valence-electron chi connectivity index (χ2n) is 7.26.